The average molecular weight is 502 g/mol. The van der Waals surface area contributed by atoms with E-state index in [1.54, 1.807) is 50.8 Å². The van der Waals surface area contributed by atoms with Gasteiger partial charge in [0.15, 0.2) is 6.61 Å². The molecule has 0 atom stereocenters. The molecule has 0 aliphatic carbocycles. The van der Waals surface area contributed by atoms with Crippen molar-refractivity contribution >= 4 is 50.9 Å². The van der Waals surface area contributed by atoms with Crippen molar-refractivity contribution in [3.8, 4) is 0 Å². The van der Waals surface area contributed by atoms with E-state index in [2.05, 4.69) is 19.5 Å². The molecular formula is C26H23N5O4S. The second-order valence-electron chi connectivity index (χ2n) is 8.49. The summed E-state index contributed by atoms with van der Waals surface area (Å²) in [7, 11) is 3.15. The van der Waals surface area contributed by atoms with Crippen molar-refractivity contribution in [2.75, 3.05) is 20.7 Å². The zero-order valence-electron chi connectivity index (χ0n) is 19.9. The van der Waals surface area contributed by atoms with Crippen LogP contribution in [0.4, 0.5) is 0 Å². The fraction of sp³-hybridized carbons (Fsp3) is 0.192. The van der Waals surface area contributed by atoms with Crippen LogP contribution in [0.3, 0.4) is 0 Å². The molecule has 4 heterocycles. The number of nitrogens with one attached hydrogen (secondary N) is 1. The van der Waals surface area contributed by atoms with E-state index >= 15 is 0 Å². The molecule has 0 radical (unpaired) electrons. The summed E-state index contributed by atoms with van der Waals surface area (Å²) in [5.41, 5.74) is 2.69. The number of imidazole rings is 1. The summed E-state index contributed by atoms with van der Waals surface area (Å²) in [6.07, 6.45) is 3.46. The molecule has 0 fully saturated rings. The summed E-state index contributed by atoms with van der Waals surface area (Å²) in [6, 6.07) is 12.8. The van der Waals surface area contributed by atoms with Gasteiger partial charge < -0.3 is 19.2 Å². The van der Waals surface area contributed by atoms with Gasteiger partial charge in [-0.1, -0.05) is 18.2 Å². The number of fused-ring (bicyclic) bond motifs is 2. The zero-order chi connectivity index (χ0) is 25.4. The number of aryl methyl sites for hydroxylation is 1. The number of benzene rings is 1. The SMILES string of the molecule is Cc1nc2cnccc2n1Cc1ccc(C(=O)c2c(C(=O)OCC(=O)N(C)C)[nH]c3ccccc23)s1. The lowest BCUT2D eigenvalue weighted by atomic mass is 10.1. The molecule has 0 bridgehead atoms. The van der Waals surface area contributed by atoms with Crippen molar-refractivity contribution < 1.29 is 19.1 Å². The van der Waals surface area contributed by atoms with Gasteiger partial charge in [0.25, 0.3) is 5.91 Å². The Morgan fingerprint density at radius 3 is 2.72 bits per heavy atom. The zero-order valence-corrected chi connectivity index (χ0v) is 20.8. The molecule has 1 amide bonds. The van der Waals surface area contributed by atoms with Crippen LogP contribution in [0, 0.1) is 6.92 Å². The summed E-state index contributed by atoms with van der Waals surface area (Å²) in [6.45, 7) is 2.08. The Kier molecular flexibility index (Phi) is 6.11. The van der Waals surface area contributed by atoms with Gasteiger partial charge in [-0.25, -0.2) is 9.78 Å². The molecular weight excluding hydrogens is 478 g/mol. The second-order valence-corrected chi connectivity index (χ2v) is 9.66. The van der Waals surface area contributed by atoms with Crippen LogP contribution < -0.4 is 0 Å². The summed E-state index contributed by atoms with van der Waals surface area (Å²) >= 11 is 1.37. The van der Waals surface area contributed by atoms with Crippen molar-refractivity contribution in [3.63, 3.8) is 0 Å². The lowest BCUT2D eigenvalue weighted by Gasteiger charge is -2.10. The Hall–Kier alpha value is -4.31. The first-order chi connectivity index (χ1) is 17.3. The van der Waals surface area contributed by atoms with E-state index in [0.29, 0.717) is 22.3 Å². The van der Waals surface area contributed by atoms with Crippen molar-refractivity contribution in [3.05, 3.63) is 81.7 Å². The van der Waals surface area contributed by atoms with Crippen LogP contribution in [0.5, 0.6) is 0 Å². The number of rotatable bonds is 7. The molecule has 36 heavy (non-hydrogen) atoms. The number of hydrogen-bond donors (Lipinski definition) is 1. The van der Waals surface area contributed by atoms with E-state index in [9.17, 15) is 14.4 Å². The number of ether oxygens (including phenoxy) is 1. The van der Waals surface area contributed by atoms with Crippen LogP contribution in [0.15, 0.2) is 54.9 Å². The maximum Gasteiger partial charge on any atom is 0.356 e. The molecule has 0 saturated heterocycles. The van der Waals surface area contributed by atoms with E-state index in [1.165, 1.54) is 16.2 Å². The number of ketones is 1. The number of pyridine rings is 1. The standard InChI is InChI=1S/C26H23N5O4S/c1-15-28-19-12-27-11-10-20(19)31(15)13-16-8-9-21(36-16)25(33)23-17-6-4-5-7-18(17)29-24(23)26(34)35-14-22(32)30(2)3/h4-12,29H,13-14H2,1-3H3. The molecule has 5 rings (SSSR count). The first-order valence-corrected chi connectivity index (χ1v) is 12.0. The minimum atomic E-state index is -0.754. The first-order valence-electron chi connectivity index (χ1n) is 11.2. The topological polar surface area (TPSA) is 110 Å². The minimum absolute atomic E-state index is 0.0339. The number of hydrogen-bond acceptors (Lipinski definition) is 7. The molecule has 182 valence electrons. The van der Waals surface area contributed by atoms with E-state index in [1.807, 2.05) is 25.1 Å². The van der Waals surface area contributed by atoms with Crippen LogP contribution in [0.25, 0.3) is 21.9 Å². The molecule has 0 saturated carbocycles. The van der Waals surface area contributed by atoms with Crippen molar-refractivity contribution in [1.82, 2.24) is 24.4 Å². The third kappa shape index (κ3) is 4.27. The number of aromatic nitrogens is 4. The second kappa shape index (κ2) is 9.38. The summed E-state index contributed by atoms with van der Waals surface area (Å²) < 4.78 is 7.29. The fourth-order valence-electron chi connectivity index (χ4n) is 4.03. The van der Waals surface area contributed by atoms with Crippen molar-refractivity contribution in [2.45, 2.75) is 13.5 Å². The normalized spacial score (nSPS) is 11.2. The molecule has 5 aromatic rings. The van der Waals surface area contributed by atoms with Crippen LogP contribution in [-0.4, -0.2) is 62.8 Å². The third-order valence-electron chi connectivity index (χ3n) is 5.90. The number of amides is 1. The fourth-order valence-corrected chi connectivity index (χ4v) is 4.97. The number of carbonyl (C=O) groups is 3. The van der Waals surface area contributed by atoms with Crippen molar-refractivity contribution in [2.24, 2.45) is 0 Å². The lowest BCUT2D eigenvalue weighted by Crippen LogP contribution is -2.28. The van der Waals surface area contributed by atoms with E-state index in [0.717, 1.165) is 21.7 Å². The molecule has 0 spiro atoms. The lowest BCUT2D eigenvalue weighted by molar-refractivity contribution is -0.131. The number of nitrogens with zero attached hydrogens (tertiary/aromatic N) is 4. The Labute approximate surface area is 210 Å². The number of esters is 1. The van der Waals surface area contributed by atoms with Gasteiger partial charge in [-0.3, -0.25) is 14.6 Å². The molecule has 0 unspecified atom stereocenters. The van der Waals surface area contributed by atoms with Gasteiger partial charge in [0.2, 0.25) is 5.78 Å². The number of para-hydroxylation sites is 1. The Bertz CT molecular complexity index is 1630. The van der Waals surface area contributed by atoms with Crippen molar-refractivity contribution in [1.29, 1.82) is 0 Å². The van der Waals surface area contributed by atoms with Gasteiger partial charge in [-0.05, 0) is 31.2 Å². The van der Waals surface area contributed by atoms with Crippen LogP contribution in [0.1, 0.15) is 36.4 Å². The molecule has 0 aliphatic heterocycles. The molecule has 1 aromatic carbocycles. The highest BCUT2D eigenvalue weighted by Crippen LogP contribution is 2.29. The molecule has 4 aromatic heterocycles. The van der Waals surface area contributed by atoms with Gasteiger partial charge in [-0.2, -0.15) is 0 Å². The highest BCUT2D eigenvalue weighted by atomic mass is 32.1. The summed E-state index contributed by atoms with van der Waals surface area (Å²) in [5.74, 6) is -0.539. The third-order valence-corrected chi connectivity index (χ3v) is 6.97. The van der Waals surface area contributed by atoms with Gasteiger partial charge in [0, 0.05) is 36.1 Å². The predicted molar refractivity (Wildman–Crippen MR) is 136 cm³/mol. The summed E-state index contributed by atoms with van der Waals surface area (Å²) in [4.78, 5) is 52.9. The Balaban J connectivity index is 1.46. The first kappa shape index (κ1) is 23.4. The number of thiophene rings is 1. The maximum atomic E-state index is 13.7. The molecule has 9 nitrogen and oxygen atoms in total. The smallest absolute Gasteiger partial charge is 0.356 e. The summed E-state index contributed by atoms with van der Waals surface area (Å²) in [5, 5.41) is 0.618. The minimum Gasteiger partial charge on any atom is -0.451 e. The maximum absolute atomic E-state index is 13.7. The van der Waals surface area contributed by atoms with Gasteiger partial charge in [-0.15, -0.1) is 11.3 Å². The van der Waals surface area contributed by atoms with Gasteiger partial charge >= 0.3 is 5.97 Å². The molecule has 10 heteroatoms. The van der Waals surface area contributed by atoms with Crippen LogP contribution in [-0.2, 0) is 16.1 Å². The highest BCUT2D eigenvalue weighted by molar-refractivity contribution is 7.14. The van der Waals surface area contributed by atoms with E-state index < -0.39 is 12.6 Å². The van der Waals surface area contributed by atoms with E-state index in [-0.39, 0.29) is 22.9 Å². The van der Waals surface area contributed by atoms with Crippen LogP contribution >= 0.6 is 11.3 Å². The largest absolute Gasteiger partial charge is 0.451 e. The number of H-pyrrole nitrogens is 1. The van der Waals surface area contributed by atoms with E-state index in [4.69, 9.17) is 4.74 Å². The number of aromatic amines is 1. The Morgan fingerprint density at radius 1 is 1.11 bits per heavy atom. The monoisotopic (exact) mass is 501 g/mol. The van der Waals surface area contributed by atoms with Gasteiger partial charge in [0.1, 0.15) is 17.0 Å². The predicted octanol–water partition coefficient (Wildman–Crippen LogP) is 3.81. The molecule has 1 N–H and O–H groups in total. The Morgan fingerprint density at radius 2 is 1.92 bits per heavy atom. The quantitative estimate of drug-likeness (QED) is 0.268. The highest BCUT2D eigenvalue weighted by Gasteiger charge is 2.26. The van der Waals surface area contributed by atoms with Crippen LogP contribution in [0.2, 0.25) is 0 Å². The number of likely N-dealkylation sites (N-methyl/N-ethyl adjacent to an activating group) is 1. The molecule has 0 aliphatic rings. The number of carbonyl (C=O) groups excluding carboxylic acids is 3. The average Bonchev–Trinajstić information content (AvgIpc) is 3.58. The van der Waals surface area contributed by atoms with Gasteiger partial charge in [0.05, 0.1) is 28.7 Å².